The molecule has 1 aromatic rings. The number of anilines is 1. The average molecular weight is 203 g/mol. The van der Waals surface area contributed by atoms with Crippen molar-refractivity contribution >= 4 is 11.4 Å². The van der Waals surface area contributed by atoms with Gasteiger partial charge in [0, 0.05) is 25.8 Å². The summed E-state index contributed by atoms with van der Waals surface area (Å²) in [5.41, 5.74) is 7.51. The molecule has 2 N–H and O–H groups in total. The van der Waals surface area contributed by atoms with Gasteiger partial charge in [0.1, 0.15) is 5.82 Å². The lowest BCUT2D eigenvalue weighted by Crippen LogP contribution is -2.18. The molecule has 0 spiro atoms. The summed E-state index contributed by atoms with van der Waals surface area (Å²) in [4.78, 5) is 6.75. The smallest absolute Gasteiger partial charge is 0.128 e. The highest BCUT2D eigenvalue weighted by Crippen LogP contribution is 2.19. The summed E-state index contributed by atoms with van der Waals surface area (Å²) < 4.78 is 0. The highest BCUT2D eigenvalue weighted by molar-refractivity contribution is 5.64. The lowest BCUT2D eigenvalue weighted by Gasteiger charge is -2.16. The van der Waals surface area contributed by atoms with Crippen LogP contribution < -0.4 is 10.6 Å². The lowest BCUT2D eigenvalue weighted by molar-refractivity contribution is 0.937. The number of hydrogen-bond donors (Lipinski definition) is 1. The molecular weight excluding hydrogens is 186 g/mol. The van der Waals surface area contributed by atoms with E-state index in [0.717, 1.165) is 30.0 Å². The van der Waals surface area contributed by atoms with Crippen molar-refractivity contribution in [2.24, 2.45) is 5.73 Å². The standard InChI is InChI=1S/C12H17N3/c1-10(8-13)11-4-5-12(14-9-11)15-6-2-3-7-15/h4-5,9H,1-3,6-8,13H2. The van der Waals surface area contributed by atoms with Crippen molar-refractivity contribution in [3.05, 3.63) is 30.5 Å². The molecule has 3 heteroatoms. The minimum absolute atomic E-state index is 0.491. The van der Waals surface area contributed by atoms with Gasteiger partial charge in [-0.15, -0.1) is 0 Å². The van der Waals surface area contributed by atoms with E-state index in [1.54, 1.807) is 0 Å². The number of aromatic nitrogens is 1. The third-order valence-corrected chi connectivity index (χ3v) is 2.83. The second kappa shape index (κ2) is 4.45. The van der Waals surface area contributed by atoms with Crippen LogP contribution in [-0.2, 0) is 0 Å². The van der Waals surface area contributed by atoms with Gasteiger partial charge in [-0.1, -0.05) is 6.58 Å². The highest BCUT2D eigenvalue weighted by atomic mass is 15.2. The minimum atomic E-state index is 0.491. The van der Waals surface area contributed by atoms with Crippen LogP contribution in [0.3, 0.4) is 0 Å². The first-order valence-electron chi connectivity index (χ1n) is 5.40. The van der Waals surface area contributed by atoms with Crippen molar-refractivity contribution in [3.63, 3.8) is 0 Å². The third kappa shape index (κ3) is 2.18. The minimum Gasteiger partial charge on any atom is -0.357 e. The Morgan fingerprint density at radius 2 is 2.13 bits per heavy atom. The molecule has 0 bridgehead atoms. The van der Waals surface area contributed by atoms with Crippen LogP contribution in [0.15, 0.2) is 24.9 Å². The summed E-state index contributed by atoms with van der Waals surface area (Å²) in [6.45, 7) is 6.64. The van der Waals surface area contributed by atoms with E-state index in [-0.39, 0.29) is 0 Å². The number of nitrogens with two attached hydrogens (primary N) is 1. The van der Waals surface area contributed by atoms with Crippen LogP contribution in [0.4, 0.5) is 5.82 Å². The molecule has 15 heavy (non-hydrogen) atoms. The van der Waals surface area contributed by atoms with E-state index < -0.39 is 0 Å². The van der Waals surface area contributed by atoms with E-state index in [2.05, 4.69) is 28.6 Å². The topological polar surface area (TPSA) is 42.1 Å². The number of hydrogen-bond acceptors (Lipinski definition) is 3. The van der Waals surface area contributed by atoms with Crippen LogP contribution in [0, 0.1) is 0 Å². The first-order chi connectivity index (χ1) is 7.31. The quantitative estimate of drug-likeness (QED) is 0.812. The summed E-state index contributed by atoms with van der Waals surface area (Å²) in [6, 6.07) is 4.11. The Kier molecular flexibility index (Phi) is 3.02. The first-order valence-corrected chi connectivity index (χ1v) is 5.40. The SMILES string of the molecule is C=C(CN)c1ccc(N2CCCC2)nc1. The van der Waals surface area contributed by atoms with E-state index >= 15 is 0 Å². The fraction of sp³-hybridized carbons (Fsp3) is 0.417. The highest BCUT2D eigenvalue weighted by Gasteiger charge is 2.12. The molecule has 3 nitrogen and oxygen atoms in total. The zero-order chi connectivity index (χ0) is 10.7. The molecule has 80 valence electrons. The maximum atomic E-state index is 5.53. The second-order valence-corrected chi connectivity index (χ2v) is 3.91. The maximum absolute atomic E-state index is 5.53. The van der Waals surface area contributed by atoms with Crippen LogP contribution in [0.25, 0.3) is 5.57 Å². The average Bonchev–Trinajstić information content (AvgIpc) is 2.82. The molecular formula is C12H17N3. The second-order valence-electron chi connectivity index (χ2n) is 3.91. The van der Waals surface area contributed by atoms with Crippen molar-refractivity contribution in [1.29, 1.82) is 0 Å². The molecule has 1 fully saturated rings. The van der Waals surface area contributed by atoms with Gasteiger partial charge in [0.15, 0.2) is 0 Å². The van der Waals surface area contributed by atoms with Crippen LogP contribution >= 0.6 is 0 Å². The van der Waals surface area contributed by atoms with E-state index in [0.29, 0.717) is 6.54 Å². The molecule has 1 aliphatic rings. The molecule has 0 radical (unpaired) electrons. The van der Waals surface area contributed by atoms with Crippen molar-refractivity contribution in [1.82, 2.24) is 4.98 Å². The monoisotopic (exact) mass is 203 g/mol. The van der Waals surface area contributed by atoms with E-state index in [1.165, 1.54) is 12.8 Å². The lowest BCUT2D eigenvalue weighted by atomic mass is 10.1. The Hall–Kier alpha value is -1.35. The van der Waals surface area contributed by atoms with Gasteiger partial charge >= 0.3 is 0 Å². The molecule has 2 rings (SSSR count). The van der Waals surface area contributed by atoms with Gasteiger partial charge in [-0.05, 0) is 36.1 Å². The molecule has 1 aromatic heterocycles. The van der Waals surface area contributed by atoms with E-state index in [9.17, 15) is 0 Å². The maximum Gasteiger partial charge on any atom is 0.128 e. The van der Waals surface area contributed by atoms with Crippen molar-refractivity contribution in [3.8, 4) is 0 Å². The molecule has 0 amide bonds. The van der Waals surface area contributed by atoms with E-state index in [1.807, 2.05) is 6.20 Å². The van der Waals surface area contributed by atoms with Gasteiger partial charge in [0.2, 0.25) is 0 Å². The van der Waals surface area contributed by atoms with Gasteiger partial charge in [0.05, 0.1) is 0 Å². The van der Waals surface area contributed by atoms with Crippen LogP contribution in [0.2, 0.25) is 0 Å². The molecule has 2 heterocycles. The molecule has 1 aliphatic heterocycles. The van der Waals surface area contributed by atoms with Crippen molar-refractivity contribution < 1.29 is 0 Å². The number of pyridine rings is 1. The fourth-order valence-electron chi connectivity index (χ4n) is 1.85. The van der Waals surface area contributed by atoms with Gasteiger partial charge in [-0.3, -0.25) is 0 Å². The predicted octanol–water partition coefficient (Wildman–Crippen LogP) is 1.65. The third-order valence-electron chi connectivity index (χ3n) is 2.83. The Labute approximate surface area is 90.6 Å². The molecule has 0 atom stereocenters. The predicted molar refractivity (Wildman–Crippen MR) is 63.8 cm³/mol. The summed E-state index contributed by atoms with van der Waals surface area (Å²) in [5, 5.41) is 0. The van der Waals surface area contributed by atoms with Gasteiger partial charge in [-0.25, -0.2) is 4.98 Å². The van der Waals surface area contributed by atoms with Crippen molar-refractivity contribution in [2.75, 3.05) is 24.5 Å². The Balaban J connectivity index is 2.12. The van der Waals surface area contributed by atoms with Crippen LogP contribution in [0.1, 0.15) is 18.4 Å². The summed E-state index contributed by atoms with van der Waals surface area (Å²) in [5.74, 6) is 1.07. The summed E-state index contributed by atoms with van der Waals surface area (Å²) in [6.07, 6.45) is 4.42. The van der Waals surface area contributed by atoms with Crippen molar-refractivity contribution in [2.45, 2.75) is 12.8 Å². The van der Waals surface area contributed by atoms with Gasteiger partial charge in [0.25, 0.3) is 0 Å². The number of nitrogens with zero attached hydrogens (tertiary/aromatic N) is 2. The molecule has 0 saturated carbocycles. The fourth-order valence-corrected chi connectivity index (χ4v) is 1.85. The number of rotatable bonds is 3. The zero-order valence-electron chi connectivity index (χ0n) is 8.95. The molecule has 1 saturated heterocycles. The Bertz CT molecular complexity index is 336. The van der Waals surface area contributed by atoms with Crippen LogP contribution in [-0.4, -0.2) is 24.6 Å². The molecule has 0 unspecified atom stereocenters. The Morgan fingerprint density at radius 3 is 2.67 bits per heavy atom. The summed E-state index contributed by atoms with van der Waals surface area (Å²) >= 11 is 0. The zero-order valence-corrected chi connectivity index (χ0v) is 8.95. The largest absolute Gasteiger partial charge is 0.357 e. The molecule has 0 aliphatic carbocycles. The van der Waals surface area contributed by atoms with E-state index in [4.69, 9.17) is 5.73 Å². The Morgan fingerprint density at radius 1 is 1.40 bits per heavy atom. The summed E-state index contributed by atoms with van der Waals surface area (Å²) in [7, 11) is 0. The normalized spacial score (nSPS) is 15.7. The van der Waals surface area contributed by atoms with Crippen LogP contribution in [0.5, 0.6) is 0 Å². The van der Waals surface area contributed by atoms with Gasteiger partial charge in [-0.2, -0.15) is 0 Å². The van der Waals surface area contributed by atoms with Gasteiger partial charge < -0.3 is 10.6 Å². The molecule has 0 aromatic carbocycles. The first kappa shape index (κ1) is 10.2.